The molecule has 0 spiro atoms. The first kappa shape index (κ1) is 18.5. The molecule has 0 aliphatic carbocycles. The van der Waals surface area contributed by atoms with Gasteiger partial charge in [0.15, 0.2) is 5.65 Å². The lowest BCUT2D eigenvalue weighted by molar-refractivity contribution is 0.102. The van der Waals surface area contributed by atoms with Gasteiger partial charge in [-0.2, -0.15) is 0 Å². The topological polar surface area (TPSA) is 85.8 Å². The standard InChI is InChI=1S/C22H19N3O4/c1-14-4-3-5-16(10-14)22(27)24-17-6-8-19(9-7-17)28-13-18-12-21(26)25-20(23-18)11-15(2)29-25/h3-12H,13H2,1-2H3,(H,24,27). The van der Waals surface area contributed by atoms with Crippen LogP contribution in [0, 0.1) is 13.8 Å². The molecule has 0 atom stereocenters. The van der Waals surface area contributed by atoms with Crippen molar-refractivity contribution in [3.05, 3.63) is 93.6 Å². The van der Waals surface area contributed by atoms with Gasteiger partial charge in [0.25, 0.3) is 11.5 Å². The molecular weight excluding hydrogens is 370 g/mol. The highest BCUT2D eigenvalue weighted by atomic mass is 16.5. The second-order valence-electron chi connectivity index (χ2n) is 6.72. The minimum Gasteiger partial charge on any atom is -0.487 e. The van der Waals surface area contributed by atoms with Crippen LogP contribution >= 0.6 is 0 Å². The molecule has 0 saturated heterocycles. The number of aryl methyl sites for hydroxylation is 2. The molecule has 1 N–H and O–H groups in total. The van der Waals surface area contributed by atoms with Gasteiger partial charge in [0.2, 0.25) is 0 Å². The van der Waals surface area contributed by atoms with Crippen molar-refractivity contribution in [2.45, 2.75) is 20.5 Å². The average Bonchev–Trinajstić information content (AvgIpc) is 3.08. The van der Waals surface area contributed by atoms with Gasteiger partial charge < -0.3 is 14.6 Å². The summed E-state index contributed by atoms with van der Waals surface area (Å²) in [5.41, 5.74) is 2.95. The van der Waals surface area contributed by atoms with E-state index < -0.39 is 0 Å². The highest BCUT2D eigenvalue weighted by Crippen LogP contribution is 2.18. The molecule has 1 amide bonds. The number of benzene rings is 2. The summed E-state index contributed by atoms with van der Waals surface area (Å²) >= 11 is 0. The third kappa shape index (κ3) is 4.19. The number of anilines is 1. The molecule has 7 heteroatoms. The zero-order valence-electron chi connectivity index (χ0n) is 16.0. The summed E-state index contributed by atoms with van der Waals surface area (Å²) < 4.78 is 12.1. The number of ether oxygens (including phenoxy) is 1. The van der Waals surface area contributed by atoms with Gasteiger partial charge in [0.1, 0.15) is 18.1 Å². The number of amides is 1. The predicted molar refractivity (Wildman–Crippen MR) is 108 cm³/mol. The molecule has 4 aromatic rings. The molecular formula is C22H19N3O4. The lowest BCUT2D eigenvalue weighted by Crippen LogP contribution is -2.14. The molecule has 146 valence electrons. The van der Waals surface area contributed by atoms with Gasteiger partial charge in [0.05, 0.1) is 5.69 Å². The van der Waals surface area contributed by atoms with Crippen LogP contribution in [0.4, 0.5) is 5.69 Å². The molecule has 4 rings (SSSR count). The van der Waals surface area contributed by atoms with Crippen LogP contribution in [0.25, 0.3) is 5.65 Å². The lowest BCUT2D eigenvalue weighted by Gasteiger charge is -2.08. The summed E-state index contributed by atoms with van der Waals surface area (Å²) in [6.45, 7) is 3.84. The van der Waals surface area contributed by atoms with Crippen LogP contribution in [0.15, 0.2) is 70.0 Å². The second-order valence-corrected chi connectivity index (χ2v) is 6.72. The lowest BCUT2D eigenvalue weighted by atomic mass is 10.1. The van der Waals surface area contributed by atoms with Crippen molar-refractivity contribution in [3.8, 4) is 5.75 Å². The summed E-state index contributed by atoms with van der Waals surface area (Å²) in [6.07, 6.45) is 0. The predicted octanol–water partition coefficient (Wildman–Crippen LogP) is 3.74. The maximum Gasteiger partial charge on any atom is 0.287 e. The van der Waals surface area contributed by atoms with E-state index in [4.69, 9.17) is 9.26 Å². The Balaban J connectivity index is 1.41. The van der Waals surface area contributed by atoms with Crippen LogP contribution in [0.3, 0.4) is 0 Å². The number of hydrogen-bond acceptors (Lipinski definition) is 5. The van der Waals surface area contributed by atoms with Crippen molar-refractivity contribution in [2.24, 2.45) is 0 Å². The quantitative estimate of drug-likeness (QED) is 0.562. The van der Waals surface area contributed by atoms with E-state index in [1.165, 1.54) is 6.07 Å². The summed E-state index contributed by atoms with van der Waals surface area (Å²) in [7, 11) is 0. The Kier molecular flexibility index (Phi) is 4.87. The first-order valence-electron chi connectivity index (χ1n) is 9.08. The number of nitrogens with one attached hydrogen (secondary N) is 1. The monoisotopic (exact) mass is 389 g/mol. The maximum atomic E-state index is 12.3. The van der Waals surface area contributed by atoms with Gasteiger partial charge in [-0.15, -0.1) is 4.57 Å². The average molecular weight is 389 g/mol. The molecule has 2 aromatic carbocycles. The Bertz CT molecular complexity index is 1240. The van der Waals surface area contributed by atoms with Gasteiger partial charge >= 0.3 is 0 Å². The maximum absolute atomic E-state index is 12.3. The van der Waals surface area contributed by atoms with E-state index in [-0.39, 0.29) is 18.1 Å². The zero-order chi connectivity index (χ0) is 20.4. The van der Waals surface area contributed by atoms with Crippen molar-refractivity contribution in [3.63, 3.8) is 0 Å². The highest BCUT2D eigenvalue weighted by molar-refractivity contribution is 6.04. The molecule has 0 saturated carbocycles. The zero-order valence-corrected chi connectivity index (χ0v) is 16.0. The third-order valence-corrected chi connectivity index (χ3v) is 4.30. The fourth-order valence-corrected chi connectivity index (χ4v) is 2.93. The van der Waals surface area contributed by atoms with E-state index in [0.717, 1.165) is 10.1 Å². The Morgan fingerprint density at radius 3 is 2.66 bits per heavy atom. The van der Waals surface area contributed by atoms with Crippen LogP contribution in [0.1, 0.15) is 27.4 Å². The van der Waals surface area contributed by atoms with Crippen LogP contribution in [0.5, 0.6) is 5.75 Å². The van der Waals surface area contributed by atoms with E-state index >= 15 is 0 Å². The Hall–Kier alpha value is -3.87. The van der Waals surface area contributed by atoms with E-state index in [2.05, 4.69) is 10.3 Å². The molecule has 0 aliphatic heterocycles. The van der Waals surface area contributed by atoms with Crippen molar-refractivity contribution in [2.75, 3.05) is 5.32 Å². The molecule has 0 unspecified atom stereocenters. The summed E-state index contributed by atoms with van der Waals surface area (Å²) in [4.78, 5) is 28.7. The smallest absolute Gasteiger partial charge is 0.287 e. The Labute approximate surface area is 166 Å². The number of aromatic nitrogens is 2. The fraction of sp³-hybridized carbons (Fsp3) is 0.136. The molecule has 29 heavy (non-hydrogen) atoms. The molecule has 0 fully saturated rings. The molecule has 0 bridgehead atoms. The Morgan fingerprint density at radius 1 is 1.10 bits per heavy atom. The fourth-order valence-electron chi connectivity index (χ4n) is 2.93. The molecule has 7 nitrogen and oxygen atoms in total. The van der Waals surface area contributed by atoms with Crippen LogP contribution in [-0.2, 0) is 6.61 Å². The minimum absolute atomic E-state index is 0.144. The van der Waals surface area contributed by atoms with Crippen LogP contribution in [-0.4, -0.2) is 15.5 Å². The van der Waals surface area contributed by atoms with E-state index in [1.807, 2.05) is 25.1 Å². The van der Waals surface area contributed by atoms with Crippen molar-refractivity contribution < 1.29 is 14.1 Å². The summed E-state index contributed by atoms with van der Waals surface area (Å²) in [5, 5.41) is 2.86. The first-order chi connectivity index (χ1) is 14.0. The van der Waals surface area contributed by atoms with Gasteiger partial charge in [-0.3, -0.25) is 9.59 Å². The van der Waals surface area contributed by atoms with Crippen molar-refractivity contribution in [1.29, 1.82) is 0 Å². The Morgan fingerprint density at radius 2 is 1.90 bits per heavy atom. The van der Waals surface area contributed by atoms with Crippen LogP contribution < -0.4 is 15.6 Å². The van der Waals surface area contributed by atoms with Crippen molar-refractivity contribution >= 4 is 17.2 Å². The summed E-state index contributed by atoms with van der Waals surface area (Å²) in [5.74, 6) is 1.04. The largest absolute Gasteiger partial charge is 0.487 e. The number of nitrogens with zero attached hydrogens (tertiary/aromatic N) is 2. The normalized spacial score (nSPS) is 10.8. The van der Waals surface area contributed by atoms with Crippen molar-refractivity contribution in [1.82, 2.24) is 9.56 Å². The molecule has 0 radical (unpaired) electrons. The number of hydrogen-bond donors (Lipinski definition) is 1. The van der Waals surface area contributed by atoms with E-state index in [1.54, 1.807) is 43.3 Å². The molecule has 2 heterocycles. The SMILES string of the molecule is Cc1cccc(C(=O)Nc2ccc(OCc3cc(=O)n4oc(C)cc4n3)cc2)c1. The first-order valence-corrected chi connectivity index (χ1v) is 9.08. The number of carbonyl (C=O) groups excluding carboxylic acids is 1. The minimum atomic E-state index is -0.295. The number of fused-ring (bicyclic) bond motifs is 1. The van der Waals surface area contributed by atoms with Gasteiger partial charge in [-0.05, 0) is 50.2 Å². The van der Waals surface area contributed by atoms with E-state index in [9.17, 15) is 9.59 Å². The van der Waals surface area contributed by atoms with Crippen LogP contribution in [0.2, 0.25) is 0 Å². The van der Waals surface area contributed by atoms with Gasteiger partial charge in [0, 0.05) is 23.4 Å². The molecule has 2 aromatic heterocycles. The van der Waals surface area contributed by atoms with E-state index in [0.29, 0.717) is 34.1 Å². The molecule has 0 aliphatic rings. The highest BCUT2D eigenvalue weighted by Gasteiger charge is 2.08. The summed E-state index contributed by atoms with van der Waals surface area (Å²) in [6, 6.07) is 17.5. The number of rotatable bonds is 5. The third-order valence-electron chi connectivity index (χ3n) is 4.30. The second kappa shape index (κ2) is 7.63. The van der Waals surface area contributed by atoms with Gasteiger partial charge in [-0.25, -0.2) is 4.98 Å². The number of carbonyl (C=O) groups is 1. The van der Waals surface area contributed by atoms with Gasteiger partial charge in [-0.1, -0.05) is 17.7 Å².